The zero-order valence-electron chi connectivity index (χ0n) is 10.1. The van der Waals surface area contributed by atoms with Crippen LogP contribution >= 0.6 is 23.4 Å². The summed E-state index contributed by atoms with van der Waals surface area (Å²) in [4.78, 5) is 10.8. The summed E-state index contributed by atoms with van der Waals surface area (Å²) in [5.41, 5.74) is -0.0437. The van der Waals surface area contributed by atoms with E-state index in [1.165, 1.54) is 23.9 Å². The van der Waals surface area contributed by atoms with E-state index in [2.05, 4.69) is 15.5 Å². The second-order valence-corrected chi connectivity index (χ2v) is 5.39. The zero-order chi connectivity index (χ0) is 14.0. The summed E-state index contributed by atoms with van der Waals surface area (Å²) < 4.78 is 1.66. The van der Waals surface area contributed by atoms with E-state index in [0.717, 1.165) is 0 Å². The number of non-ortho nitro benzene ring substituents is 1. The third kappa shape index (κ3) is 3.02. The van der Waals surface area contributed by atoms with Crippen molar-refractivity contribution in [3.8, 4) is 0 Å². The van der Waals surface area contributed by atoms with Crippen molar-refractivity contribution in [2.24, 2.45) is 0 Å². The molecule has 0 amide bonds. The Hall–Kier alpha value is -1.67. The van der Waals surface area contributed by atoms with Gasteiger partial charge < -0.3 is 0 Å². The first-order chi connectivity index (χ1) is 8.99. The van der Waals surface area contributed by atoms with Crippen LogP contribution in [0.1, 0.15) is 19.9 Å². The van der Waals surface area contributed by atoms with Gasteiger partial charge in [-0.3, -0.25) is 10.1 Å². The molecule has 19 heavy (non-hydrogen) atoms. The molecule has 0 radical (unpaired) electrons. The third-order valence-electron chi connectivity index (χ3n) is 2.28. The van der Waals surface area contributed by atoms with Crippen LogP contribution in [0.15, 0.2) is 28.3 Å². The molecule has 0 aliphatic rings. The molecule has 0 bridgehead atoms. The Morgan fingerprint density at radius 2 is 2.21 bits per heavy atom. The summed E-state index contributed by atoms with van der Waals surface area (Å²) in [6.07, 6.45) is 0. The van der Waals surface area contributed by atoms with Crippen molar-refractivity contribution in [3.05, 3.63) is 33.3 Å². The Morgan fingerprint density at radius 3 is 2.79 bits per heavy atom. The lowest BCUT2D eigenvalue weighted by molar-refractivity contribution is -0.384. The van der Waals surface area contributed by atoms with Crippen molar-refractivity contribution in [1.82, 2.24) is 20.2 Å². The van der Waals surface area contributed by atoms with E-state index in [9.17, 15) is 10.1 Å². The van der Waals surface area contributed by atoms with E-state index < -0.39 is 4.92 Å². The van der Waals surface area contributed by atoms with Crippen LogP contribution in [0.25, 0.3) is 0 Å². The van der Waals surface area contributed by atoms with Gasteiger partial charge in [0.25, 0.3) is 5.69 Å². The monoisotopic (exact) mass is 299 g/mol. The fraction of sp³-hybridized carbons (Fsp3) is 0.300. The molecule has 0 saturated carbocycles. The van der Waals surface area contributed by atoms with E-state index in [0.29, 0.717) is 15.1 Å². The largest absolute Gasteiger partial charge is 0.270 e. The predicted octanol–water partition coefficient (Wildman–Crippen LogP) is 2.97. The summed E-state index contributed by atoms with van der Waals surface area (Å²) in [5, 5.41) is 22.9. The number of halogens is 1. The quantitative estimate of drug-likeness (QED) is 0.637. The van der Waals surface area contributed by atoms with E-state index in [4.69, 9.17) is 11.6 Å². The van der Waals surface area contributed by atoms with Crippen LogP contribution in [-0.4, -0.2) is 25.1 Å². The molecule has 1 aromatic heterocycles. The number of nitrogens with zero attached hydrogens (tertiary/aromatic N) is 5. The predicted molar refractivity (Wildman–Crippen MR) is 70.4 cm³/mol. The van der Waals surface area contributed by atoms with E-state index in [1.54, 1.807) is 10.7 Å². The smallest absolute Gasteiger partial charge is 0.258 e. The van der Waals surface area contributed by atoms with Crippen LogP contribution in [0.2, 0.25) is 5.02 Å². The van der Waals surface area contributed by atoms with Gasteiger partial charge >= 0.3 is 0 Å². The van der Waals surface area contributed by atoms with Crippen LogP contribution in [0.3, 0.4) is 0 Å². The number of aromatic nitrogens is 4. The molecule has 0 atom stereocenters. The van der Waals surface area contributed by atoms with Gasteiger partial charge in [0.2, 0.25) is 5.16 Å². The van der Waals surface area contributed by atoms with Crippen LogP contribution in [0.4, 0.5) is 5.69 Å². The lowest BCUT2D eigenvalue weighted by Crippen LogP contribution is -2.04. The Labute approximate surface area is 118 Å². The van der Waals surface area contributed by atoms with Crippen LogP contribution in [-0.2, 0) is 0 Å². The van der Waals surface area contributed by atoms with Crippen LogP contribution in [0, 0.1) is 10.1 Å². The van der Waals surface area contributed by atoms with Gasteiger partial charge in [0, 0.05) is 17.0 Å². The molecule has 2 aromatic rings. The summed E-state index contributed by atoms with van der Waals surface area (Å²) in [7, 11) is 0. The molecule has 0 saturated heterocycles. The van der Waals surface area contributed by atoms with Crippen molar-refractivity contribution in [2.45, 2.75) is 29.9 Å². The van der Waals surface area contributed by atoms with Crippen molar-refractivity contribution >= 4 is 29.1 Å². The molecule has 1 aromatic carbocycles. The van der Waals surface area contributed by atoms with Gasteiger partial charge in [-0.05, 0) is 42.1 Å². The number of benzene rings is 1. The SMILES string of the molecule is CC(C)n1nnnc1Sc1ccc([N+](=O)[O-])cc1Cl. The molecular weight excluding hydrogens is 290 g/mol. The molecule has 0 N–H and O–H groups in total. The normalized spacial score (nSPS) is 10.9. The first-order valence-corrected chi connectivity index (χ1v) is 6.58. The van der Waals surface area contributed by atoms with Gasteiger partial charge in [-0.15, -0.1) is 5.10 Å². The molecule has 0 fully saturated rings. The highest BCUT2D eigenvalue weighted by Crippen LogP contribution is 2.34. The number of rotatable bonds is 4. The molecule has 7 nitrogen and oxygen atoms in total. The van der Waals surface area contributed by atoms with Gasteiger partial charge in [-0.2, -0.15) is 0 Å². The minimum absolute atomic E-state index is 0.0437. The number of tetrazole rings is 1. The topological polar surface area (TPSA) is 86.7 Å². The Kier molecular flexibility index (Phi) is 4.01. The van der Waals surface area contributed by atoms with Crippen LogP contribution in [0.5, 0.6) is 0 Å². The first kappa shape index (κ1) is 13.8. The minimum atomic E-state index is -0.488. The molecule has 0 unspecified atom stereocenters. The number of hydrogen-bond donors (Lipinski definition) is 0. The van der Waals surface area contributed by atoms with Crippen molar-refractivity contribution in [2.75, 3.05) is 0 Å². The van der Waals surface area contributed by atoms with E-state index >= 15 is 0 Å². The molecule has 0 aliphatic heterocycles. The molecule has 2 rings (SSSR count). The maximum atomic E-state index is 10.6. The minimum Gasteiger partial charge on any atom is -0.258 e. The Bertz CT molecular complexity index is 616. The standard InChI is InChI=1S/C10H10ClN5O2S/c1-6(2)15-10(12-13-14-15)19-9-4-3-7(16(17)18)5-8(9)11/h3-6H,1-2H3. The van der Waals surface area contributed by atoms with Crippen molar-refractivity contribution in [3.63, 3.8) is 0 Å². The van der Waals surface area contributed by atoms with Gasteiger partial charge in [0.1, 0.15) is 0 Å². The molecular formula is C10H10ClN5O2S. The lowest BCUT2D eigenvalue weighted by Gasteiger charge is -2.07. The average Bonchev–Trinajstić information content (AvgIpc) is 2.79. The second-order valence-electron chi connectivity index (χ2n) is 3.97. The number of nitro benzene ring substituents is 1. The van der Waals surface area contributed by atoms with Crippen molar-refractivity contribution < 1.29 is 4.92 Å². The highest BCUT2D eigenvalue weighted by Gasteiger charge is 2.15. The lowest BCUT2D eigenvalue weighted by atomic mass is 10.3. The van der Waals surface area contributed by atoms with Crippen LogP contribution < -0.4 is 0 Å². The first-order valence-electron chi connectivity index (χ1n) is 5.38. The van der Waals surface area contributed by atoms with Gasteiger partial charge in [-0.1, -0.05) is 11.6 Å². The maximum Gasteiger partial charge on any atom is 0.270 e. The van der Waals surface area contributed by atoms with Crippen molar-refractivity contribution in [1.29, 1.82) is 0 Å². The molecule has 0 aliphatic carbocycles. The Morgan fingerprint density at radius 1 is 1.47 bits per heavy atom. The highest BCUT2D eigenvalue weighted by molar-refractivity contribution is 7.99. The zero-order valence-corrected chi connectivity index (χ0v) is 11.7. The van der Waals surface area contributed by atoms with E-state index in [-0.39, 0.29) is 11.7 Å². The Balaban J connectivity index is 2.28. The van der Waals surface area contributed by atoms with Gasteiger partial charge in [0.05, 0.1) is 16.0 Å². The number of hydrogen-bond acceptors (Lipinski definition) is 6. The highest BCUT2D eigenvalue weighted by atomic mass is 35.5. The fourth-order valence-electron chi connectivity index (χ4n) is 1.36. The van der Waals surface area contributed by atoms with E-state index in [1.807, 2.05) is 13.8 Å². The summed E-state index contributed by atoms with van der Waals surface area (Å²) in [6, 6.07) is 4.42. The average molecular weight is 300 g/mol. The van der Waals surface area contributed by atoms with Gasteiger partial charge in [0.15, 0.2) is 0 Å². The molecule has 9 heteroatoms. The molecule has 0 spiro atoms. The summed E-state index contributed by atoms with van der Waals surface area (Å²) in [6.45, 7) is 3.91. The molecule has 1 heterocycles. The maximum absolute atomic E-state index is 10.6. The summed E-state index contributed by atoms with van der Waals surface area (Å²) in [5.74, 6) is 0. The fourth-order valence-corrected chi connectivity index (χ4v) is 2.56. The second kappa shape index (κ2) is 5.54. The number of nitro groups is 1. The summed E-state index contributed by atoms with van der Waals surface area (Å²) >= 11 is 7.29. The van der Waals surface area contributed by atoms with Gasteiger partial charge in [-0.25, -0.2) is 4.68 Å². The third-order valence-corrected chi connectivity index (χ3v) is 3.73. The molecule has 100 valence electrons.